The van der Waals surface area contributed by atoms with Crippen molar-refractivity contribution in [3.05, 3.63) is 35.4 Å². The van der Waals surface area contributed by atoms with Crippen LogP contribution in [-0.2, 0) is 6.42 Å². The van der Waals surface area contributed by atoms with Crippen molar-refractivity contribution >= 4 is 11.8 Å². The lowest BCUT2D eigenvalue weighted by atomic mass is 9.98. The Morgan fingerprint density at radius 1 is 1.26 bits per heavy atom. The van der Waals surface area contributed by atoms with Crippen LogP contribution in [0, 0.1) is 0 Å². The van der Waals surface area contributed by atoms with Gasteiger partial charge in [-0.3, -0.25) is 0 Å². The first-order valence-electron chi connectivity index (χ1n) is 7.72. The lowest BCUT2D eigenvalue weighted by molar-refractivity contribution is 0.446. The van der Waals surface area contributed by atoms with Crippen LogP contribution in [0.2, 0.25) is 0 Å². The maximum atomic E-state index is 3.88. The maximum absolute atomic E-state index is 3.88. The number of rotatable bonds is 3. The summed E-state index contributed by atoms with van der Waals surface area (Å²) in [6.07, 6.45) is 8.04. The van der Waals surface area contributed by atoms with Crippen molar-refractivity contribution in [2.75, 3.05) is 12.3 Å². The molecule has 0 amide bonds. The number of hydrogen-bond acceptors (Lipinski definition) is 2. The summed E-state index contributed by atoms with van der Waals surface area (Å²) in [5.74, 6) is 1.35. The topological polar surface area (TPSA) is 12.0 Å². The number of thioether (sulfide) groups is 1. The van der Waals surface area contributed by atoms with E-state index >= 15 is 0 Å². The molecule has 3 rings (SSSR count). The third-order valence-electron chi connectivity index (χ3n) is 4.64. The zero-order valence-electron chi connectivity index (χ0n) is 12.0. The van der Waals surface area contributed by atoms with E-state index in [1.165, 1.54) is 44.3 Å². The molecule has 1 heterocycles. The van der Waals surface area contributed by atoms with Crippen molar-refractivity contribution in [3.8, 4) is 0 Å². The molecule has 2 heteroatoms. The molecular formula is C17H25NS. The highest BCUT2D eigenvalue weighted by atomic mass is 32.2. The first-order chi connectivity index (χ1) is 9.27. The van der Waals surface area contributed by atoms with E-state index in [-0.39, 0.29) is 0 Å². The summed E-state index contributed by atoms with van der Waals surface area (Å²) in [6, 6.07) is 9.63. The molecule has 0 spiro atoms. The molecule has 1 N–H and O–H groups in total. The number of nitrogens with one attached hydrogen (secondary N) is 1. The summed E-state index contributed by atoms with van der Waals surface area (Å²) < 4.78 is 0.473. The molecule has 19 heavy (non-hydrogen) atoms. The molecule has 0 bridgehead atoms. The first kappa shape index (κ1) is 13.5. The highest BCUT2D eigenvalue weighted by Crippen LogP contribution is 2.38. The van der Waals surface area contributed by atoms with Gasteiger partial charge < -0.3 is 5.32 Å². The fraction of sp³-hybridized carbons (Fsp3) is 0.647. The molecule has 1 aromatic carbocycles. The van der Waals surface area contributed by atoms with Crippen molar-refractivity contribution in [1.82, 2.24) is 5.32 Å². The Kier molecular flexibility index (Phi) is 4.18. The minimum absolute atomic E-state index is 0.473. The Bertz CT molecular complexity index is 423. The van der Waals surface area contributed by atoms with E-state index in [4.69, 9.17) is 0 Å². The van der Waals surface area contributed by atoms with Crippen LogP contribution in [0.15, 0.2) is 24.3 Å². The SMILES string of the molecule is CC1(CNC2CCCCc3ccccc32)CCCS1. The number of fused-ring (bicyclic) bond motifs is 1. The highest BCUT2D eigenvalue weighted by molar-refractivity contribution is 8.00. The predicted octanol–water partition coefficient (Wildman–Crippen LogP) is 4.33. The van der Waals surface area contributed by atoms with Gasteiger partial charge in [0, 0.05) is 17.3 Å². The Morgan fingerprint density at radius 3 is 3.00 bits per heavy atom. The van der Waals surface area contributed by atoms with E-state index in [0.717, 1.165) is 6.54 Å². The van der Waals surface area contributed by atoms with Gasteiger partial charge in [0.05, 0.1) is 0 Å². The van der Waals surface area contributed by atoms with Crippen molar-refractivity contribution in [3.63, 3.8) is 0 Å². The van der Waals surface area contributed by atoms with Gasteiger partial charge in [-0.05, 0) is 55.9 Å². The fourth-order valence-electron chi connectivity index (χ4n) is 3.45. The maximum Gasteiger partial charge on any atom is 0.0323 e. The molecule has 0 saturated carbocycles. The second-order valence-corrected chi connectivity index (χ2v) is 7.96. The van der Waals surface area contributed by atoms with Gasteiger partial charge in [0.2, 0.25) is 0 Å². The third-order valence-corrected chi connectivity index (χ3v) is 6.18. The van der Waals surface area contributed by atoms with Crippen LogP contribution >= 0.6 is 11.8 Å². The Labute approximate surface area is 121 Å². The van der Waals surface area contributed by atoms with Crippen molar-refractivity contribution in [2.45, 2.75) is 56.2 Å². The summed E-state index contributed by atoms with van der Waals surface area (Å²) in [5, 5.41) is 3.88. The molecule has 1 nitrogen and oxygen atoms in total. The van der Waals surface area contributed by atoms with Gasteiger partial charge in [-0.2, -0.15) is 11.8 Å². The van der Waals surface area contributed by atoms with Gasteiger partial charge in [-0.1, -0.05) is 30.7 Å². The molecule has 0 aromatic heterocycles. The molecule has 1 aliphatic heterocycles. The van der Waals surface area contributed by atoms with Crippen LogP contribution in [0.5, 0.6) is 0 Å². The standard InChI is InChI=1S/C17H25NS/c1-17(11-6-12-19-17)13-18-16-10-5-3-8-14-7-2-4-9-15(14)16/h2,4,7,9,16,18H,3,5-6,8,10-13H2,1H3. The number of aryl methyl sites for hydroxylation is 1. The zero-order chi connectivity index (χ0) is 13.1. The van der Waals surface area contributed by atoms with Crippen LogP contribution < -0.4 is 5.32 Å². The highest BCUT2D eigenvalue weighted by Gasteiger charge is 2.30. The van der Waals surface area contributed by atoms with Crippen molar-refractivity contribution in [1.29, 1.82) is 0 Å². The minimum Gasteiger partial charge on any atom is -0.309 e. The lowest BCUT2D eigenvalue weighted by Crippen LogP contribution is -2.35. The third kappa shape index (κ3) is 3.17. The average molecular weight is 275 g/mol. The molecule has 1 aliphatic carbocycles. The van der Waals surface area contributed by atoms with E-state index < -0.39 is 0 Å². The zero-order valence-corrected chi connectivity index (χ0v) is 12.8. The number of benzene rings is 1. The van der Waals surface area contributed by atoms with Gasteiger partial charge in [-0.25, -0.2) is 0 Å². The van der Waals surface area contributed by atoms with Crippen LogP contribution in [-0.4, -0.2) is 17.0 Å². The van der Waals surface area contributed by atoms with E-state index in [9.17, 15) is 0 Å². The normalized spacial score (nSPS) is 30.9. The quantitative estimate of drug-likeness (QED) is 0.824. The molecule has 0 radical (unpaired) electrons. The first-order valence-corrected chi connectivity index (χ1v) is 8.71. The molecule has 2 atom stereocenters. The van der Waals surface area contributed by atoms with Crippen LogP contribution in [0.1, 0.15) is 56.2 Å². The van der Waals surface area contributed by atoms with Crippen molar-refractivity contribution < 1.29 is 0 Å². The summed E-state index contributed by atoms with van der Waals surface area (Å²) in [5.41, 5.74) is 3.13. The van der Waals surface area contributed by atoms with Gasteiger partial charge in [0.1, 0.15) is 0 Å². The average Bonchev–Trinajstić information content (AvgIpc) is 2.75. The number of hydrogen-bond donors (Lipinski definition) is 1. The molecule has 104 valence electrons. The van der Waals surface area contributed by atoms with E-state index in [1.807, 2.05) is 0 Å². The van der Waals surface area contributed by atoms with Gasteiger partial charge in [-0.15, -0.1) is 0 Å². The fourth-order valence-corrected chi connectivity index (χ4v) is 4.70. The van der Waals surface area contributed by atoms with Gasteiger partial charge >= 0.3 is 0 Å². The molecule has 2 aliphatic rings. The largest absolute Gasteiger partial charge is 0.309 e. The Balaban J connectivity index is 1.70. The van der Waals surface area contributed by atoms with E-state index in [2.05, 4.69) is 48.3 Å². The Morgan fingerprint density at radius 2 is 2.16 bits per heavy atom. The van der Waals surface area contributed by atoms with Gasteiger partial charge in [0.15, 0.2) is 0 Å². The second-order valence-electron chi connectivity index (χ2n) is 6.28. The summed E-state index contributed by atoms with van der Waals surface area (Å²) in [7, 11) is 0. The smallest absolute Gasteiger partial charge is 0.0323 e. The van der Waals surface area contributed by atoms with Gasteiger partial charge in [0.25, 0.3) is 0 Å². The van der Waals surface area contributed by atoms with E-state index in [1.54, 1.807) is 11.1 Å². The van der Waals surface area contributed by atoms with Crippen LogP contribution in [0.25, 0.3) is 0 Å². The lowest BCUT2D eigenvalue weighted by Gasteiger charge is -2.27. The Hall–Kier alpha value is -0.470. The monoisotopic (exact) mass is 275 g/mol. The molecule has 1 saturated heterocycles. The van der Waals surface area contributed by atoms with E-state index in [0.29, 0.717) is 10.8 Å². The summed E-state index contributed by atoms with van der Waals surface area (Å²) >= 11 is 2.16. The molecule has 1 fully saturated rings. The summed E-state index contributed by atoms with van der Waals surface area (Å²) in [6.45, 7) is 3.59. The summed E-state index contributed by atoms with van der Waals surface area (Å²) in [4.78, 5) is 0. The minimum atomic E-state index is 0.473. The molecule has 2 unspecified atom stereocenters. The molecular weight excluding hydrogens is 250 g/mol. The van der Waals surface area contributed by atoms with Crippen LogP contribution in [0.4, 0.5) is 0 Å². The van der Waals surface area contributed by atoms with Crippen molar-refractivity contribution in [2.24, 2.45) is 0 Å². The predicted molar refractivity (Wildman–Crippen MR) is 84.8 cm³/mol. The molecule has 1 aromatic rings. The van der Waals surface area contributed by atoms with Crippen LogP contribution in [0.3, 0.4) is 0 Å². The second kappa shape index (κ2) is 5.88.